The number of urea groups is 1. The quantitative estimate of drug-likeness (QED) is 0.895. The largest absolute Gasteiger partial charge is 0.327 e. The van der Waals surface area contributed by atoms with Gasteiger partial charge in [-0.25, -0.2) is 4.79 Å². The number of rotatable bonds is 4. The average molecular weight is 333 g/mol. The van der Waals surface area contributed by atoms with Crippen LogP contribution in [0.5, 0.6) is 0 Å². The number of carbonyl (C=O) groups excluding carboxylic acids is 1. The fourth-order valence-electron chi connectivity index (χ4n) is 1.80. The lowest BCUT2D eigenvalue weighted by Crippen LogP contribution is -2.32. The minimum absolute atomic E-state index is 0.0942. The molecule has 104 valence electrons. The third kappa shape index (κ3) is 4.38. The molecule has 0 aliphatic heterocycles. The standard InChI is InChI=1S/C16H17BrN2O/c1-19(12-11-13-5-3-2-4-6-13)16(20)18-15-9-7-14(17)8-10-15/h2-10H,11-12H2,1H3,(H,18,20). The number of nitrogens with one attached hydrogen (secondary N) is 1. The van der Waals surface area contributed by atoms with Crippen LogP contribution in [0.25, 0.3) is 0 Å². The van der Waals surface area contributed by atoms with E-state index in [1.807, 2.05) is 42.5 Å². The molecule has 0 bridgehead atoms. The Kier molecular flexibility index (Phi) is 5.18. The van der Waals surface area contributed by atoms with Gasteiger partial charge in [-0.1, -0.05) is 46.3 Å². The number of anilines is 1. The van der Waals surface area contributed by atoms with Crippen molar-refractivity contribution >= 4 is 27.6 Å². The van der Waals surface area contributed by atoms with Gasteiger partial charge in [0.05, 0.1) is 0 Å². The Bertz CT molecular complexity index is 554. The second kappa shape index (κ2) is 7.10. The van der Waals surface area contributed by atoms with Gasteiger partial charge in [-0.05, 0) is 36.2 Å². The summed E-state index contributed by atoms with van der Waals surface area (Å²) in [5.41, 5.74) is 2.03. The SMILES string of the molecule is CN(CCc1ccccc1)C(=O)Nc1ccc(Br)cc1. The maximum atomic E-state index is 12.0. The second-order valence-electron chi connectivity index (χ2n) is 4.59. The van der Waals surface area contributed by atoms with Crippen LogP contribution < -0.4 is 5.32 Å². The van der Waals surface area contributed by atoms with Crippen LogP contribution in [-0.2, 0) is 6.42 Å². The lowest BCUT2D eigenvalue weighted by atomic mass is 10.1. The van der Waals surface area contributed by atoms with Gasteiger partial charge in [0.15, 0.2) is 0 Å². The molecular weight excluding hydrogens is 316 g/mol. The predicted octanol–water partition coefficient (Wildman–Crippen LogP) is 4.16. The number of amides is 2. The Morgan fingerprint density at radius 1 is 1.10 bits per heavy atom. The molecule has 0 atom stereocenters. The summed E-state index contributed by atoms with van der Waals surface area (Å²) in [5.74, 6) is 0. The molecule has 3 nitrogen and oxygen atoms in total. The van der Waals surface area contributed by atoms with Gasteiger partial charge in [0.25, 0.3) is 0 Å². The third-order valence-corrected chi connectivity index (χ3v) is 3.55. The molecule has 0 radical (unpaired) electrons. The highest BCUT2D eigenvalue weighted by Crippen LogP contribution is 2.14. The van der Waals surface area contributed by atoms with Crippen LogP contribution >= 0.6 is 15.9 Å². The van der Waals surface area contributed by atoms with Crippen LogP contribution in [0.4, 0.5) is 10.5 Å². The monoisotopic (exact) mass is 332 g/mol. The van der Waals surface area contributed by atoms with Gasteiger partial charge in [0, 0.05) is 23.8 Å². The molecule has 4 heteroatoms. The second-order valence-corrected chi connectivity index (χ2v) is 5.51. The summed E-state index contributed by atoms with van der Waals surface area (Å²) in [7, 11) is 1.80. The lowest BCUT2D eigenvalue weighted by molar-refractivity contribution is 0.223. The summed E-state index contributed by atoms with van der Waals surface area (Å²) in [6.45, 7) is 0.687. The Labute approximate surface area is 127 Å². The molecule has 0 saturated carbocycles. The van der Waals surface area contributed by atoms with E-state index in [0.29, 0.717) is 6.54 Å². The fraction of sp³-hybridized carbons (Fsp3) is 0.188. The third-order valence-electron chi connectivity index (χ3n) is 3.02. The summed E-state index contributed by atoms with van der Waals surface area (Å²) in [6, 6.07) is 17.6. The van der Waals surface area contributed by atoms with E-state index in [4.69, 9.17) is 0 Å². The summed E-state index contributed by atoms with van der Waals surface area (Å²) in [6.07, 6.45) is 0.852. The molecular formula is C16H17BrN2O. The van der Waals surface area contributed by atoms with Gasteiger partial charge in [-0.2, -0.15) is 0 Å². The summed E-state index contributed by atoms with van der Waals surface area (Å²) < 4.78 is 0.993. The van der Waals surface area contributed by atoms with Gasteiger partial charge in [0.1, 0.15) is 0 Å². The number of nitrogens with zero attached hydrogens (tertiary/aromatic N) is 1. The van der Waals surface area contributed by atoms with Crippen LogP contribution in [0.1, 0.15) is 5.56 Å². The molecule has 0 aliphatic carbocycles. The first kappa shape index (κ1) is 14.6. The van der Waals surface area contributed by atoms with Gasteiger partial charge < -0.3 is 10.2 Å². The number of halogens is 1. The van der Waals surface area contributed by atoms with Crippen molar-refractivity contribution < 1.29 is 4.79 Å². The molecule has 2 amide bonds. The molecule has 2 rings (SSSR count). The number of likely N-dealkylation sites (N-methyl/N-ethyl adjacent to an activating group) is 1. The molecule has 0 spiro atoms. The molecule has 20 heavy (non-hydrogen) atoms. The van der Waals surface area contributed by atoms with Crippen molar-refractivity contribution in [2.75, 3.05) is 18.9 Å². The molecule has 0 aromatic heterocycles. The zero-order valence-corrected chi connectivity index (χ0v) is 12.9. The van der Waals surface area contributed by atoms with Crippen molar-refractivity contribution in [3.8, 4) is 0 Å². The summed E-state index contributed by atoms with van der Waals surface area (Å²) in [5, 5.41) is 2.87. The van der Waals surface area contributed by atoms with Gasteiger partial charge in [0.2, 0.25) is 0 Å². The molecule has 0 unspecified atom stereocenters. The Balaban J connectivity index is 1.84. The first-order chi connectivity index (χ1) is 9.65. The van der Waals surface area contributed by atoms with Crippen LogP contribution in [0, 0.1) is 0 Å². The zero-order valence-electron chi connectivity index (χ0n) is 11.3. The van der Waals surface area contributed by atoms with Crippen LogP contribution in [0.2, 0.25) is 0 Å². The van der Waals surface area contributed by atoms with E-state index in [1.54, 1.807) is 11.9 Å². The topological polar surface area (TPSA) is 32.3 Å². The van der Waals surface area contributed by atoms with Crippen LogP contribution in [0.15, 0.2) is 59.1 Å². The Hall–Kier alpha value is -1.81. The van der Waals surface area contributed by atoms with E-state index in [2.05, 4.69) is 33.4 Å². The van der Waals surface area contributed by atoms with Gasteiger partial charge in [-0.3, -0.25) is 0 Å². The Morgan fingerprint density at radius 3 is 2.40 bits per heavy atom. The van der Waals surface area contributed by atoms with Crippen molar-refractivity contribution in [3.05, 3.63) is 64.6 Å². The van der Waals surface area contributed by atoms with Crippen molar-refractivity contribution in [1.82, 2.24) is 4.90 Å². The lowest BCUT2D eigenvalue weighted by Gasteiger charge is -2.18. The van der Waals surface area contributed by atoms with E-state index in [-0.39, 0.29) is 6.03 Å². The minimum atomic E-state index is -0.0942. The highest BCUT2D eigenvalue weighted by molar-refractivity contribution is 9.10. The highest BCUT2D eigenvalue weighted by Gasteiger charge is 2.08. The van der Waals surface area contributed by atoms with E-state index >= 15 is 0 Å². The zero-order chi connectivity index (χ0) is 14.4. The average Bonchev–Trinajstić information content (AvgIpc) is 2.48. The van der Waals surface area contributed by atoms with Crippen molar-refractivity contribution in [2.24, 2.45) is 0 Å². The predicted molar refractivity (Wildman–Crippen MR) is 85.9 cm³/mol. The number of carbonyl (C=O) groups is 1. The number of benzene rings is 2. The van der Waals surface area contributed by atoms with Crippen molar-refractivity contribution in [3.63, 3.8) is 0 Å². The minimum Gasteiger partial charge on any atom is -0.327 e. The summed E-state index contributed by atoms with van der Waals surface area (Å²) >= 11 is 3.37. The van der Waals surface area contributed by atoms with Gasteiger partial charge >= 0.3 is 6.03 Å². The van der Waals surface area contributed by atoms with Gasteiger partial charge in [-0.15, -0.1) is 0 Å². The highest BCUT2D eigenvalue weighted by atomic mass is 79.9. The van der Waals surface area contributed by atoms with E-state index in [9.17, 15) is 4.79 Å². The first-order valence-electron chi connectivity index (χ1n) is 6.47. The molecule has 0 fully saturated rings. The fourth-order valence-corrected chi connectivity index (χ4v) is 2.06. The summed E-state index contributed by atoms with van der Waals surface area (Å²) in [4.78, 5) is 13.7. The first-order valence-corrected chi connectivity index (χ1v) is 7.26. The van der Waals surface area contributed by atoms with Crippen molar-refractivity contribution in [1.29, 1.82) is 0 Å². The number of hydrogen-bond donors (Lipinski definition) is 1. The molecule has 0 aliphatic rings. The molecule has 0 saturated heterocycles. The maximum absolute atomic E-state index is 12.0. The van der Waals surface area contributed by atoms with E-state index in [1.165, 1.54) is 5.56 Å². The van der Waals surface area contributed by atoms with E-state index in [0.717, 1.165) is 16.6 Å². The normalized spacial score (nSPS) is 10.1. The van der Waals surface area contributed by atoms with E-state index < -0.39 is 0 Å². The number of hydrogen-bond acceptors (Lipinski definition) is 1. The van der Waals surface area contributed by atoms with Crippen molar-refractivity contribution in [2.45, 2.75) is 6.42 Å². The smallest absolute Gasteiger partial charge is 0.321 e. The Morgan fingerprint density at radius 2 is 1.75 bits per heavy atom. The maximum Gasteiger partial charge on any atom is 0.321 e. The molecule has 2 aromatic carbocycles. The van der Waals surface area contributed by atoms with Crippen LogP contribution in [0.3, 0.4) is 0 Å². The molecule has 0 heterocycles. The molecule has 1 N–H and O–H groups in total. The molecule has 2 aromatic rings. The van der Waals surface area contributed by atoms with Crippen LogP contribution in [-0.4, -0.2) is 24.5 Å².